The second-order valence-corrected chi connectivity index (χ2v) is 6.58. The molecule has 0 fully saturated rings. The van der Waals surface area contributed by atoms with Crippen LogP contribution < -0.4 is 10.6 Å². The monoisotopic (exact) mass is 454 g/mol. The Hall–Kier alpha value is -2.23. The average Bonchev–Trinajstić information content (AvgIpc) is 3.07. The van der Waals surface area contributed by atoms with Crippen molar-refractivity contribution in [2.75, 3.05) is 11.9 Å². The van der Waals surface area contributed by atoms with Gasteiger partial charge < -0.3 is 10.6 Å². The van der Waals surface area contributed by atoms with Crippen molar-refractivity contribution in [2.45, 2.75) is 13.1 Å². The van der Waals surface area contributed by atoms with E-state index in [4.69, 9.17) is 34.8 Å². The zero-order valence-electron chi connectivity index (χ0n) is 14.1. The number of rotatable bonds is 5. The van der Waals surface area contributed by atoms with Crippen molar-refractivity contribution in [1.29, 1.82) is 0 Å². The van der Waals surface area contributed by atoms with Crippen LogP contribution in [0.3, 0.4) is 0 Å². The summed E-state index contributed by atoms with van der Waals surface area (Å²) in [5.41, 5.74) is -1.56. The molecular formula is C16H12Cl3F3N4O2. The van der Waals surface area contributed by atoms with Gasteiger partial charge in [0.25, 0.3) is 11.8 Å². The van der Waals surface area contributed by atoms with Gasteiger partial charge in [-0.25, -0.2) is 4.68 Å². The molecule has 0 aliphatic rings. The Kier molecular flexibility index (Phi) is 6.97. The van der Waals surface area contributed by atoms with Crippen molar-refractivity contribution >= 4 is 52.3 Å². The van der Waals surface area contributed by atoms with Crippen LogP contribution in [0, 0.1) is 0 Å². The molecule has 0 saturated heterocycles. The minimum Gasteiger partial charge on any atom is -0.352 e. The van der Waals surface area contributed by atoms with E-state index in [-0.39, 0.29) is 17.9 Å². The van der Waals surface area contributed by atoms with Crippen LogP contribution in [0.5, 0.6) is 0 Å². The molecule has 150 valence electrons. The lowest BCUT2D eigenvalue weighted by atomic mass is 10.2. The maximum Gasteiger partial charge on any atom is 0.434 e. The molecule has 0 unspecified atom stereocenters. The smallest absolute Gasteiger partial charge is 0.352 e. The minimum atomic E-state index is -4.82. The van der Waals surface area contributed by atoms with E-state index in [0.717, 1.165) is 6.20 Å². The van der Waals surface area contributed by atoms with E-state index in [2.05, 4.69) is 15.7 Å². The third-order valence-corrected chi connectivity index (χ3v) is 4.29. The van der Waals surface area contributed by atoms with Crippen LogP contribution in [0.15, 0.2) is 40.0 Å². The highest BCUT2D eigenvalue weighted by molar-refractivity contribution is 6.63. The highest BCUT2D eigenvalue weighted by Crippen LogP contribution is 2.34. The molecule has 28 heavy (non-hydrogen) atoms. The molecule has 2 amide bonds. The Morgan fingerprint density at radius 1 is 1.14 bits per heavy atom. The molecule has 0 bridgehead atoms. The van der Waals surface area contributed by atoms with Gasteiger partial charge in [-0.1, -0.05) is 34.8 Å². The number of hydrogen-bond donors (Lipinski definition) is 2. The zero-order valence-corrected chi connectivity index (χ0v) is 16.3. The van der Waals surface area contributed by atoms with E-state index in [9.17, 15) is 22.8 Å². The maximum atomic E-state index is 13.5. The second kappa shape index (κ2) is 8.85. The predicted octanol–water partition coefficient (Wildman–Crippen LogP) is 4.46. The molecule has 0 aliphatic heterocycles. The van der Waals surface area contributed by atoms with Crippen molar-refractivity contribution in [2.24, 2.45) is 0 Å². The lowest BCUT2D eigenvalue weighted by Gasteiger charge is -2.13. The van der Waals surface area contributed by atoms with Crippen LogP contribution in [0.1, 0.15) is 23.0 Å². The fourth-order valence-electron chi connectivity index (χ4n) is 2.20. The number of carbonyl (C=O) groups excluding carboxylic acids is 2. The van der Waals surface area contributed by atoms with E-state index in [1.807, 2.05) is 0 Å². The fraction of sp³-hybridized carbons (Fsp3) is 0.188. The van der Waals surface area contributed by atoms with E-state index < -0.39 is 38.8 Å². The third-order valence-electron chi connectivity index (χ3n) is 3.35. The van der Waals surface area contributed by atoms with Gasteiger partial charge in [-0.3, -0.25) is 9.59 Å². The van der Waals surface area contributed by atoms with Gasteiger partial charge in [-0.05, 0) is 31.2 Å². The van der Waals surface area contributed by atoms with Crippen molar-refractivity contribution in [1.82, 2.24) is 15.1 Å². The summed E-state index contributed by atoms with van der Waals surface area (Å²) in [7, 11) is 0. The lowest BCUT2D eigenvalue weighted by molar-refractivity contribution is -0.143. The Labute approximate surface area is 172 Å². The number of carbonyl (C=O) groups is 2. The largest absolute Gasteiger partial charge is 0.434 e. The number of halogens is 6. The van der Waals surface area contributed by atoms with E-state index in [1.165, 1.54) is 24.3 Å². The molecule has 1 aromatic heterocycles. The van der Waals surface area contributed by atoms with Crippen LogP contribution in [0.25, 0.3) is 5.69 Å². The molecule has 0 saturated carbocycles. The topological polar surface area (TPSA) is 76.0 Å². The normalized spacial score (nSPS) is 11.1. The van der Waals surface area contributed by atoms with Gasteiger partial charge in [-0.2, -0.15) is 18.3 Å². The van der Waals surface area contributed by atoms with Crippen molar-refractivity contribution in [3.63, 3.8) is 0 Å². The number of amides is 2. The first-order valence-electron chi connectivity index (χ1n) is 7.62. The summed E-state index contributed by atoms with van der Waals surface area (Å²) in [6.07, 6.45) is -3.98. The summed E-state index contributed by atoms with van der Waals surface area (Å²) in [4.78, 5) is 23.7. The maximum absolute atomic E-state index is 13.5. The summed E-state index contributed by atoms with van der Waals surface area (Å²) < 4.78 is 40.7. The molecule has 0 radical (unpaired) electrons. The van der Waals surface area contributed by atoms with Gasteiger partial charge in [0, 0.05) is 12.2 Å². The van der Waals surface area contributed by atoms with Crippen LogP contribution >= 0.6 is 34.8 Å². The molecule has 0 atom stereocenters. The first-order valence-corrected chi connectivity index (χ1v) is 8.75. The third kappa shape index (κ3) is 4.98. The molecule has 2 N–H and O–H groups in total. The van der Waals surface area contributed by atoms with E-state index in [1.54, 1.807) is 6.92 Å². The van der Waals surface area contributed by atoms with Crippen molar-refractivity contribution in [3.05, 3.63) is 51.2 Å². The van der Waals surface area contributed by atoms with Crippen molar-refractivity contribution in [3.8, 4) is 5.69 Å². The molecule has 2 rings (SSSR count). The molecule has 1 heterocycles. The first-order chi connectivity index (χ1) is 13.1. The summed E-state index contributed by atoms with van der Waals surface area (Å²) >= 11 is 16.4. The molecular weight excluding hydrogens is 444 g/mol. The number of aromatic nitrogens is 2. The molecule has 1 aromatic carbocycles. The number of nitrogens with zero attached hydrogens (tertiary/aromatic N) is 2. The minimum absolute atomic E-state index is 0.0258. The summed E-state index contributed by atoms with van der Waals surface area (Å²) in [5, 5.41) is 7.93. The zero-order chi connectivity index (χ0) is 21.1. The van der Waals surface area contributed by atoms with Crippen LogP contribution in [-0.4, -0.2) is 28.1 Å². The number of nitrogens with one attached hydrogen (secondary N) is 2. The van der Waals surface area contributed by atoms with Gasteiger partial charge in [0.05, 0.1) is 17.4 Å². The summed E-state index contributed by atoms with van der Waals surface area (Å²) in [6, 6.07) is 5.21. The standard InChI is InChI=1S/C16H12Cl3F3N4O2/c1-2-23-14(27)10-7-24-26(12(10)16(20,21)22)9-5-3-8(4-6-9)25-15(28)11(17)13(18)19/h3-7H,2H2,1H3,(H,23,27)(H,25,28). The SMILES string of the molecule is CCNC(=O)c1cnn(-c2ccc(NC(=O)C(Cl)=C(Cl)Cl)cc2)c1C(F)(F)F. The molecule has 12 heteroatoms. The van der Waals surface area contributed by atoms with Crippen LogP contribution in [-0.2, 0) is 11.0 Å². The molecule has 0 aliphatic carbocycles. The Morgan fingerprint density at radius 2 is 1.75 bits per heavy atom. The summed E-state index contributed by atoms with van der Waals surface area (Å²) in [5.74, 6) is -1.67. The highest BCUT2D eigenvalue weighted by atomic mass is 35.5. The predicted molar refractivity (Wildman–Crippen MR) is 99.8 cm³/mol. The summed E-state index contributed by atoms with van der Waals surface area (Å²) in [6.45, 7) is 1.75. The van der Waals surface area contributed by atoms with Crippen LogP contribution in [0.2, 0.25) is 0 Å². The average molecular weight is 456 g/mol. The van der Waals surface area contributed by atoms with Gasteiger partial charge >= 0.3 is 6.18 Å². The number of anilines is 1. The number of hydrogen-bond acceptors (Lipinski definition) is 3. The van der Waals surface area contributed by atoms with Gasteiger partial charge in [0.1, 0.15) is 9.52 Å². The second-order valence-electron chi connectivity index (χ2n) is 5.25. The molecule has 6 nitrogen and oxygen atoms in total. The van der Waals surface area contributed by atoms with Gasteiger partial charge in [-0.15, -0.1) is 0 Å². The number of alkyl halides is 3. The highest BCUT2D eigenvalue weighted by Gasteiger charge is 2.40. The Balaban J connectivity index is 2.37. The molecule has 2 aromatic rings. The van der Waals surface area contributed by atoms with Gasteiger partial charge in [0.2, 0.25) is 0 Å². The Bertz CT molecular complexity index is 920. The van der Waals surface area contributed by atoms with E-state index in [0.29, 0.717) is 4.68 Å². The van der Waals surface area contributed by atoms with Crippen molar-refractivity contribution < 1.29 is 22.8 Å². The first kappa shape index (κ1) is 22.1. The fourth-order valence-corrected chi connectivity index (χ4v) is 2.42. The van der Waals surface area contributed by atoms with Gasteiger partial charge in [0.15, 0.2) is 5.69 Å². The van der Waals surface area contributed by atoms with Crippen LogP contribution in [0.4, 0.5) is 18.9 Å². The molecule has 0 spiro atoms. The quantitative estimate of drug-likeness (QED) is 0.654. The van der Waals surface area contributed by atoms with E-state index >= 15 is 0 Å². The Morgan fingerprint density at radius 3 is 2.25 bits per heavy atom. The number of benzene rings is 1. The lowest BCUT2D eigenvalue weighted by Crippen LogP contribution is -2.26.